The Hall–Kier alpha value is -2.96. The third-order valence-electron chi connectivity index (χ3n) is 4.68. The molecule has 0 spiro atoms. The molecule has 0 saturated carbocycles. The van der Waals surface area contributed by atoms with Crippen molar-refractivity contribution in [2.75, 3.05) is 32.1 Å². The molecule has 7 nitrogen and oxygen atoms in total. The first kappa shape index (κ1) is 18.8. The molecule has 0 radical (unpaired) electrons. The second kappa shape index (κ2) is 8.62. The molecule has 0 bridgehead atoms. The van der Waals surface area contributed by atoms with Gasteiger partial charge in [0.2, 0.25) is 0 Å². The number of esters is 1. The fourth-order valence-electron chi connectivity index (χ4n) is 3.25. The van der Waals surface area contributed by atoms with Crippen LogP contribution in [0, 0.1) is 6.92 Å². The van der Waals surface area contributed by atoms with E-state index in [4.69, 9.17) is 9.15 Å². The van der Waals surface area contributed by atoms with Gasteiger partial charge in [0, 0.05) is 31.9 Å². The van der Waals surface area contributed by atoms with Crippen LogP contribution in [0.4, 0.5) is 5.69 Å². The Morgan fingerprint density at radius 3 is 2.85 bits per heavy atom. The predicted octanol–water partition coefficient (Wildman–Crippen LogP) is 2.32. The van der Waals surface area contributed by atoms with E-state index in [1.54, 1.807) is 20.0 Å². The molecule has 1 aromatic carbocycles. The van der Waals surface area contributed by atoms with Gasteiger partial charge in [0.15, 0.2) is 5.96 Å². The zero-order valence-electron chi connectivity index (χ0n) is 16.0. The number of carbonyl (C=O) groups is 1. The van der Waals surface area contributed by atoms with Gasteiger partial charge in [-0.15, -0.1) is 0 Å². The van der Waals surface area contributed by atoms with Gasteiger partial charge in [-0.05, 0) is 31.5 Å². The number of hydrogen-bond acceptors (Lipinski definition) is 5. The van der Waals surface area contributed by atoms with E-state index >= 15 is 0 Å². The molecule has 0 amide bonds. The third-order valence-corrected chi connectivity index (χ3v) is 4.68. The molecule has 144 valence electrons. The van der Waals surface area contributed by atoms with Crippen LogP contribution in [0.15, 0.2) is 45.8 Å². The monoisotopic (exact) mass is 370 g/mol. The lowest BCUT2D eigenvalue weighted by atomic mass is 10.2. The molecular formula is C20H26N4O3. The maximum atomic E-state index is 11.7. The van der Waals surface area contributed by atoms with Gasteiger partial charge in [0.1, 0.15) is 17.1 Å². The Morgan fingerprint density at radius 1 is 1.37 bits per heavy atom. The highest BCUT2D eigenvalue weighted by Crippen LogP contribution is 2.19. The topological polar surface area (TPSA) is 79.1 Å². The van der Waals surface area contributed by atoms with Gasteiger partial charge in [0.05, 0.1) is 13.7 Å². The third kappa shape index (κ3) is 4.61. The number of aryl methyl sites for hydroxylation is 1. The van der Waals surface area contributed by atoms with Gasteiger partial charge in [-0.1, -0.05) is 18.2 Å². The Morgan fingerprint density at radius 2 is 2.15 bits per heavy atom. The fraction of sp³-hybridized carbons (Fsp3) is 0.400. The molecule has 1 aliphatic heterocycles. The Kier molecular flexibility index (Phi) is 6.01. The molecule has 27 heavy (non-hydrogen) atoms. The number of carbonyl (C=O) groups excluding carboxylic acids is 1. The number of hydrogen-bond donors (Lipinski definition) is 2. The lowest BCUT2D eigenvalue weighted by Crippen LogP contribution is -2.44. The smallest absolute Gasteiger partial charge is 0.341 e. The molecular weight excluding hydrogens is 344 g/mol. The summed E-state index contributed by atoms with van der Waals surface area (Å²) in [7, 11) is 3.10. The number of guanidine groups is 1. The van der Waals surface area contributed by atoms with E-state index in [-0.39, 0.29) is 0 Å². The number of para-hydroxylation sites is 1. The SMILES string of the molecule is CN=C(NCc1cc(C(=O)OC)c(C)o1)NC1CCN(c2ccccc2)C1. The van der Waals surface area contributed by atoms with Crippen molar-refractivity contribution in [3.05, 3.63) is 53.5 Å². The molecule has 2 N–H and O–H groups in total. The summed E-state index contributed by atoms with van der Waals surface area (Å²) in [6.07, 6.45) is 1.04. The average molecular weight is 370 g/mol. The zero-order valence-corrected chi connectivity index (χ0v) is 16.0. The number of ether oxygens (including phenoxy) is 1. The van der Waals surface area contributed by atoms with E-state index in [9.17, 15) is 4.79 Å². The second-order valence-electron chi connectivity index (χ2n) is 6.51. The van der Waals surface area contributed by atoms with Crippen molar-refractivity contribution in [3.8, 4) is 0 Å². The molecule has 1 saturated heterocycles. The molecule has 0 aliphatic carbocycles. The van der Waals surface area contributed by atoms with Gasteiger partial charge in [0.25, 0.3) is 0 Å². The largest absolute Gasteiger partial charge is 0.465 e. The summed E-state index contributed by atoms with van der Waals surface area (Å²) in [4.78, 5) is 18.3. The van der Waals surface area contributed by atoms with Crippen LogP contribution in [0.5, 0.6) is 0 Å². The van der Waals surface area contributed by atoms with Gasteiger partial charge in [-0.25, -0.2) is 4.79 Å². The minimum atomic E-state index is -0.392. The van der Waals surface area contributed by atoms with E-state index in [2.05, 4.69) is 44.8 Å². The second-order valence-corrected chi connectivity index (χ2v) is 6.51. The summed E-state index contributed by atoms with van der Waals surface area (Å²) in [5.41, 5.74) is 1.69. The van der Waals surface area contributed by atoms with Crippen molar-refractivity contribution in [1.82, 2.24) is 10.6 Å². The molecule has 2 heterocycles. The molecule has 3 rings (SSSR count). The number of nitrogens with zero attached hydrogens (tertiary/aromatic N) is 2. The molecule has 1 fully saturated rings. The van der Waals surface area contributed by atoms with Crippen LogP contribution in [0.25, 0.3) is 0 Å². The van der Waals surface area contributed by atoms with Crippen LogP contribution in [0.3, 0.4) is 0 Å². The van der Waals surface area contributed by atoms with Crippen LogP contribution in [0.1, 0.15) is 28.3 Å². The zero-order chi connectivity index (χ0) is 19.2. The minimum absolute atomic E-state index is 0.320. The first-order chi connectivity index (χ1) is 13.1. The maximum Gasteiger partial charge on any atom is 0.341 e. The van der Waals surface area contributed by atoms with Crippen molar-refractivity contribution in [3.63, 3.8) is 0 Å². The van der Waals surface area contributed by atoms with Crippen molar-refractivity contribution >= 4 is 17.6 Å². The van der Waals surface area contributed by atoms with Crippen molar-refractivity contribution in [2.24, 2.45) is 4.99 Å². The lowest BCUT2D eigenvalue weighted by Gasteiger charge is -2.20. The van der Waals surface area contributed by atoms with Crippen molar-refractivity contribution in [1.29, 1.82) is 0 Å². The number of benzene rings is 1. The minimum Gasteiger partial charge on any atom is -0.465 e. The van der Waals surface area contributed by atoms with E-state index < -0.39 is 5.97 Å². The van der Waals surface area contributed by atoms with Crippen LogP contribution < -0.4 is 15.5 Å². The van der Waals surface area contributed by atoms with Crippen LogP contribution >= 0.6 is 0 Å². The highest BCUT2D eigenvalue weighted by molar-refractivity contribution is 5.90. The first-order valence-corrected chi connectivity index (χ1v) is 9.05. The van der Waals surface area contributed by atoms with Crippen molar-refractivity contribution < 1.29 is 13.9 Å². The summed E-state index contributed by atoms with van der Waals surface area (Å²) < 4.78 is 10.4. The van der Waals surface area contributed by atoms with Gasteiger partial charge < -0.3 is 24.7 Å². The number of methoxy groups -OCH3 is 1. The standard InChI is InChI=1S/C20H26N4O3/c1-14-18(19(25)26-3)11-17(27-14)12-22-20(21-2)23-15-9-10-24(13-15)16-7-5-4-6-8-16/h4-8,11,15H,9-10,12-13H2,1-3H3,(H2,21,22,23). The van der Waals surface area contributed by atoms with Gasteiger partial charge in [-0.2, -0.15) is 0 Å². The number of nitrogens with one attached hydrogen (secondary N) is 2. The van der Waals surface area contributed by atoms with E-state index in [1.807, 2.05) is 6.07 Å². The highest BCUT2D eigenvalue weighted by Gasteiger charge is 2.23. The normalized spacial score (nSPS) is 17.1. The molecule has 7 heteroatoms. The first-order valence-electron chi connectivity index (χ1n) is 9.05. The van der Waals surface area contributed by atoms with Gasteiger partial charge in [-0.3, -0.25) is 4.99 Å². The molecule has 1 unspecified atom stereocenters. The van der Waals surface area contributed by atoms with Gasteiger partial charge >= 0.3 is 5.97 Å². The number of furan rings is 1. The van der Waals surface area contributed by atoms with E-state index in [0.717, 1.165) is 19.5 Å². The summed E-state index contributed by atoms with van der Waals surface area (Å²) in [5, 5.41) is 6.69. The maximum absolute atomic E-state index is 11.7. The van der Waals surface area contributed by atoms with E-state index in [0.29, 0.717) is 35.6 Å². The Bertz CT molecular complexity index is 801. The molecule has 2 aromatic rings. The number of aliphatic imine (C=N–C) groups is 1. The number of anilines is 1. The summed E-state index contributed by atoms with van der Waals surface area (Å²) in [5.74, 6) is 1.53. The Labute approximate surface area is 159 Å². The summed E-state index contributed by atoms with van der Waals surface area (Å²) in [6.45, 7) is 4.13. The molecule has 1 atom stereocenters. The number of rotatable bonds is 5. The van der Waals surface area contributed by atoms with Crippen LogP contribution in [0.2, 0.25) is 0 Å². The van der Waals surface area contributed by atoms with Crippen LogP contribution in [-0.4, -0.2) is 45.2 Å². The predicted molar refractivity (Wildman–Crippen MR) is 105 cm³/mol. The van der Waals surface area contributed by atoms with Crippen LogP contribution in [-0.2, 0) is 11.3 Å². The van der Waals surface area contributed by atoms with E-state index in [1.165, 1.54) is 12.8 Å². The molecule has 1 aliphatic rings. The highest BCUT2D eigenvalue weighted by atomic mass is 16.5. The Balaban J connectivity index is 1.52. The van der Waals surface area contributed by atoms with Crippen molar-refractivity contribution in [2.45, 2.75) is 25.9 Å². The summed E-state index contributed by atoms with van der Waals surface area (Å²) in [6, 6.07) is 12.4. The lowest BCUT2D eigenvalue weighted by molar-refractivity contribution is 0.0599. The molecule has 1 aromatic heterocycles. The fourth-order valence-corrected chi connectivity index (χ4v) is 3.25. The average Bonchev–Trinajstić information content (AvgIpc) is 3.31. The summed E-state index contributed by atoms with van der Waals surface area (Å²) >= 11 is 0. The quantitative estimate of drug-likeness (QED) is 0.478.